The molecule has 0 bridgehead atoms. The van der Waals surface area contributed by atoms with E-state index >= 15 is 0 Å². The Labute approximate surface area is 315 Å². The number of aromatic nitrogens is 1. The van der Waals surface area contributed by atoms with E-state index in [0.29, 0.717) is 11.8 Å². The van der Waals surface area contributed by atoms with Crippen LogP contribution >= 0.6 is 12.6 Å². The van der Waals surface area contributed by atoms with Gasteiger partial charge in [-0.05, 0) is 86.6 Å². The Bertz CT molecular complexity index is 1090. The summed E-state index contributed by atoms with van der Waals surface area (Å²) in [4.78, 5) is 0. The van der Waals surface area contributed by atoms with Crippen molar-refractivity contribution >= 4 is 29.1 Å². The molecule has 0 unspecified atom stereocenters. The van der Waals surface area contributed by atoms with Gasteiger partial charge in [0, 0.05) is 23.1 Å². The van der Waals surface area contributed by atoms with Crippen molar-refractivity contribution in [3.05, 3.63) is 52.4 Å². The van der Waals surface area contributed by atoms with Crippen LogP contribution in [0.4, 0.5) is 13.2 Å². The second-order valence-electron chi connectivity index (χ2n) is 11.3. The van der Waals surface area contributed by atoms with E-state index in [1.807, 2.05) is 39.8 Å². The molecule has 44 heavy (non-hydrogen) atoms. The van der Waals surface area contributed by atoms with Gasteiger partial charge in [0.15, 0.2) is 0 Å². The molecule has 2 rings (SSSR count). The molecular weight excluding hydrogens is 607 g/mol. The van der Waals surface area contributed by atoms with Gasteiger partial charge in [0.1, 0.15) is 0 Å². The fourth-order valence-electron chi connectivity index (χ4n) is 4.95. The van der Waals surface area contributed by atoms with Crippen LogP contribution in [0.3, 0.4) is 0 Å². The van der Waals surface area contributed by atoms with Gasteiger partial charge in [-0.2, -0.15) is 25.8 Å². The SMILES string of the molecule is CCCCCCCn1c(C)c(C)c2c(/C(=C\C(C)=C\O)C(F)(F)F)c(CCCC)ccc21.CCCCCCS.CCC[O-].[K+]. The first-order valence-electron chi connectivity index (χ1n) is 16.4. The van der Waals surface area contributed by atoms with Gasteiger partial charge in [-0.3, -0.25) is 0 Å². The van der Waals surface area contributed by atoms with E-state index in [9.17, 15) is 23.4 Å². The van der Waals surface area contributed by atoms with Crippen LogP contribution in [0.2, 0.25) is 0 Å². The first kappa shape index (κ1) is 45.9. The van der Waals surface area contributed by atoms with Crippen LogP contribution in [-0.4, -0.2) is 28.2 Å². The Balaban J connectivity index is 0. The molecule has 0 amide bonds. The molecule has 1 heterocycles. The monoisotopic (exact) mass is 665 g/mol. The van der Waals surface area contributed by atoms with Crippen molar-refractivity contribution in [1.29, 1.82) is 0 Å². The molecule has 0 spiro atoms. The second-order valence-corrected chi connectivity index (χ2v) is 11.7. The van der Waals surface area contributed by atoms with E-state index in [-0.39, 0.29) is 69.1 Å². The molecule has 0 saturated carbocycles. The molecule has 248 valence electrons. The Morgan fingerprint density at radius 1 is 0.886 bits per heavy atom. The fourth-order valence-corrected chi connectivity index (χ4v) is 5.17. The Morgan fingerprint density at radius 2 is 1.43 bits per heavy atom. The minimum Gasteiger partial charge on any atom is -0.854 e. The number of nitrogens with zero attached hydrogens (tertiary/aromatic N) is 1. The van der Waals surface area contributed by atoms with Crippen LogP contribution in [0.15, 0.2) is 30.0 Å². The number of aliphatic hydroxyl groups is 1. The summed E-state index contributed by atoms with van der Waals surface area (Å²) in [6.07, 6.45) is 11.5. The number of fused-ring (bicyclic) bond motifs is 1. The first-order valence-corrected chi connectivity index (χ1v) is 17.0. The van der Waals surface area contributed by atoms with Crippen LogP contribution in [0, 0.1) is 13.8 Å². The van der Waals surface area contributed by atoms with Crippen LogP contribution in [0.25, 0.3) is 16.5 Å². The van der Waals surface area contributed by atoms with Crippen LogP contribution in [0.1, 0.15) is 134 Å². The molecule has 2 aromatic rings. The number of benzene rings is 1. The van der Waals surface area contributed by atoms with E-state index in [0.717, 1.165) is 79.1 Å². The summed E-state index contributed by atoms with van der Waals surface area (Å²) in [5, 5.41) is 19.3. The van der Waals surface area contributed by atoms with Gasteiger partial charge >= 0.3 is 57.6 Å². The number of aryl methyl sites for hydroxylation is 3. The van der Waals surface area contributed by atoms with Crippen molar-refractivity contribution in [2.24, 2.45) is 0 Å². The largest absolute Gasteiger partial charge is 1.00 e. The average Bonchev–Trinajstić information content (AvgIpc) is 3.23. The van der Waals surface area contributed by atoms with E-state index in [2.05, 4.69) is 31.0 Å². The molecule has 0 saturated heterocycles. The van der Waals surface area contributed by atoms with E-state index in [4.69, 9.17) is 0 Å². The number of alkyl halides is 3. The zero-order valence-electron chi connectivity index (χ0n) is 29.0. The molecule has 1 aromatic carbocycles. The second kappa shape index (κ2) is 26.8. The Hall–Kier alpha value is -0.224. The fraction of sp³-hybridized carbons (Fsp3) is 0.667. The molecule has 0 radical (unpaired) electrons. The summed E-state index contributed by atoms with van der Waals surface area (Å²) in [7, 11) is 0. The van der Waals surface area contributed by atoms with Crippen LogP contribution in [-0.2, 0) is 13.0 Å². The average molecular weight is 666 g/mol. The molecule has 0 atom stereocenters. The topological polar surface area (TPSA) is 48.2 Å². The van der Waals surface area contributed by atoms with Gasteiger partial charge in [-0.1, -0.05) is 91.5 Å². The zero-order chi connectivity index (χ0) is 32.8. The predicted octanol–water partition coefficient (Wildman–Crippen LogP) is 8.24. The van der Waals surface area contributed by atoms with E-state index in [1.54, 1.807) is 0 Å². The molecule has 0 aliphatic carbocycles. The third-order valence-corrected chi connectivity index (χ3v) is 7.85. The minimum atomic E-state index is -4.53. The summed E-state index contributed by atoms with van der Waals surface area (Å²) < 4.78 is 45.1. The maximum atomic E-state index is 14.3. The zero-order valence-corrected chi connectivity index (χ0v) is 33.0. The van der Waals surface area contributed by atoms with Crippen molar-refractivity contribution in [1.82, 2.24) is 4.57 Å². The van der Waals surface area contributed by atoms with Gasteiger partial charge < -0.3 is 14.8 Å². The van der Waals surface area contributed by atoms with Gasteiger partial charge in [0.2, 0.25) is 0 Å². The van der Waals surface area contributed by atoms with Crippen molar-refractivity contribution in [2.45, 2.75) is 145 Å². The van der Waals surface area contributed by atoms with Gasteiger partial charge in [0.05, 0.1) is 11.8 Å². The third-order valence-electron chi connectivity index (χ3n) is 7.53. The summed E-state index contributed by atoms with van der Waals surface area (Å²) in [5.74, 6) is 1.06. The molecule has 0 aliphatic heterocycles. The standard InChI is InChI=1S/C27H38F3NO.C6H14S.C3H7O.K/c1-6-8-10-11-12-16-31-21(5)20(4)25-24(31)15-14-22(13-9-7-2)26(25)23(27(28,29)30)17-19(3)18-32;1-2-3-4-5-6-7;1-2-3-4;/h14-15,17-18,32H,6-13,16H2,1-5H3;7H,2-6H2,1H3;2-3H2,1H3;/q;;-1;+1/b19-18+,23-17+;;;. The number of rotatable bonds is 16. The number of aliphatic hydroxyl groups excluding tert-OH is 1. The smallest absolute Gasteiger partial charge is 0.854 e. The van der Waals surface area contributed by atoms with Crippen molar-refractivity contribution in [2.75, 3.05) is 12.4 Å². The molecule has 1 aromatic heterocycles. The Kier molecular flexibility index (Phi) is 28.0. The van der Waals surface area contributed by atoms with Crippen molar-refractivity contribution < 1.29 is 74.8 Å². The first-order chi connectivity index (χ1) is 20.5. The van der Waals surface area contributed by atoms with Crippen LogP contribution < -0.4 is 56.5 Å². The minimum absolute atomic E-state index is 0. The summed E-state index contributed by atoms with van der Waals surface area (Å²) >= 11 is 4.09. The normalized spacial score (nSPS) is 11.9. The van der Waals surface area contributed by atoms with Gasteiger partial charge in [-0.25, -0.2) is 0 Å². The molecule has 8 heteroatoms. The molecule has 0 aliphatic rings. The number of unbranched alkanes of at least 4 members (excludes halogenated alkanes) is 8. The van der Waals surface area contributed by atoms with Gasteiger partial charge in [-0.15, -0.1) is 6.61 Å². The van der Waals surface area contributed by atoms with E-state index in [1.165, 1.54) is 51.9 Å². The molecule has 0 fully saturated rings. The molecule has 1 N–H and O–H groups in total. The number of allylic oxidation sites excluding steroid dienone is 3. The quantitative estimate of drug-likeness (QED) is 0.0624. The maximum absolute atomic E-state index is 14.3. The summed E-state index contributed by atoms with van der Waals surface area (Å²) in [6.45, 7) is 14.6. The number of halogens is 3. The van der Waals surface area contributed by atoms with Crippen molar-refractivity contribution in [3.63, 3.8) is 0 Å². The third kappa shape index (κ3) is 16.6. The number of thiol groups is 1. The number of hydrogen-bond acceptors (Lipinski definition) is 3. The van der Waals surface area contributed by atoms with Crippen LogP contribution in [0.5, 0.6) is 0 Å². The summed E-state index contributed by atoms with van der Waals surface area (Å²) in [6, 6.07) is 3.87. The number of hydrogen-bond donors (Lipinski definition) is 2. The molecule has 3 nitrogen and oxygen atoms in total. The van der Waals surface area contributed by atoms with E-state index < -0.39 is 11.7 Å². The van der Waals surface area contributed by atoms with Gasteiger partial charge in [0.25, 0.3) is 0 Å². The van der Waals surface area contributed by atoms with Crippen molar-refractivity contribution in [3.8, 4) is 0 Å². The maximum Gasteiger partial charge on any atom is 1.00 e. The predicted molar refractivity (Wildman–Crippen MR) is 182 cm³/mol. The Morgan fingerprint density at radius 3 is 1.91 bits per heavy atom. The summed E-state index contributed by atoms with van der Waals surface area (Å²) in [5.41, 5.74) is 3.29. The molecular formula is C36H59F3KNO2S.